The highest BCUT2D eigenvalue weighted by Gasteiger charge is 2.56. The number of aromatic amines is 1. The molecule has 200 valence electrons. The zero-order valence-electron chi connectivity index (χ0n) is 22.7. The van der Waals surface area contributed by atoms with Gasteiger partial charge in [-0.25, -0.2) is 17.9 Å². The van der Waals surface area contributed by atoms with E-state index in [2.05, 4.69) is 66.0 Å². The predicted molar refractivity (Wildman–Crippen MR) is 149 cm³/mol. The first kappa shape index (κ1) is 24.3. The number of sulfone groups is 1. The number of hydrogen-bond donors (Lipinski definition) is 1. The van der Waals surface area contributed by atoms with Gasteiger partial charge in [0.05, 0.1) is 28.2 Å². The van der Waals surface area contributed by atoms with Crippen LogP contribution in [0.1, 0.15) is 73.8 Å². The molecule has 2 saturated heterocycles. The number of fused-ring (bicyclic) bond motifs is 2. The van der Waals surface area contributed by atoms with Crippen LogP contribution in [0.4, 0.5) is 0 Å². The quantitative estimate of drug-likeness (QED) is 0.407. The Morgan fingerprint density at radius 3 is 2.47 bits per heavy atom. The van der Waals surface area contributed by atoms with Gasteiger partial charge in [0.2, 0.25) is 0 Å². The van der Waals surface area contributed by atoms with Gasteiger partial charge in [-0.05, 0) is 68.7 Å². The molecular weight excluding hydrogens is 496 g/mol. The van der Waals surface area contributed by atoms with Crippen LogP contribution in [0.5, 0.6) is 0 Å². The van der Waals surface area contributed by atoms with Gasteiger partial charge in [0.1, 0.15) is 6.33 Å². The first-order chi connectivity index (χ1) is 18.1. The molecule has 7 rings (SSSR count). The Morgan fingerprint density at radius 1 is 1.05 bits per heavy atom. The Morgan fingerprint density at radius 2 is 1.79 bits per heavy atom. The van der Waals surface area contributed by atoms with Crippen LogP contribution in [-0.4, -0.2) is 68.5 Å². The number of rotatable bonds is 4. The third kappa shape index (κ3) is 3.72. The average Bonchev–Trinajstić information content (AvgIpc) is 3.47. The molecule has 0 unspecified atom stereocenters. The molecule has 2 aliphatic heterocycles. The maximum atomic E-state index is 11.7. The Hall–Kier alpha value is -2.78. The lowest BCUT2D eigenvalue weighted by Crippen LogP contribution is -2.70. The zero-order chi connectivity index (χ0) is 26.4. The summed E-state index contributed by atoms with van der Waals surface area (Å²) >= 11 is 0. The van der Waals surface area contributed by atoms with Gasteiger partial charge in [-0.2, -0.15) is 5.10 Å². The van der Waals surface area contributed by atoms with Gasteiger partial charge in [-0.3, -0.25) is 9.88 Å². The Bertz CT molecular complexity index is 1660. The summed E-state index contributed by atoms with van der Waals surface area (Å²) in [5.41, 5.74) is 10.2. The van der Waals surface area contributed by atoms with Gasteiger partial charge in [0.25, 0.3) is 0 Å². The molecule has 6 heterocycles. The summed E-state index contributed by atoms with van der Waals surface area (Å²) < 4.78 is 25.2. The molecule has 1 N–H and O–H groups in total. The summed E-state index contributed by atoms with van der Waals surface area (Å²) in [5.74, 6) is 1.60. The fourth-order valence-corrected chi connectivity index (χ4v) is 9.59. The number of likely N-dealkylation sites (tertiary alicyclic amines) is 1. The molecule has 0 bridgehead atoms. The van der Waals surface area contributed by atoms with Gasteiger partial charge >= 0.3 is 0 Å². The van der Waals surface area contributed by atoms with Crippen LogP contribution in [0.3, 0.4) is 0 Å². The summed E-state index contributed by atoms with van der Waals surface area (Å²) in [6.07, 6.45) is 8.31. The van der Waals surface area contributed by atoms with E-state index in [4.69, 9.17) is 4.98 Å². The van der Waals surface area contributed by atoms with Gasteiger partial charge in [0, 0.05) is 53.5 Å². The van der Waals surface area contributed by atoms with Gasteiger partial charge < -0.3 is 4.98 Å². The molecule has 0 aromatic carbocycles. The highest BCUT2D eigenvalue weighted by Crippen LogP contribution is 2.46. The maximum absolute atomic E-state index is 11.7. The highest BCUT2D eigenvalue weighted by atomic mass is 32.2. The van der Waals surface area contributed by atoms with Crippen LogP contribution >= 0.6 is 0 Å². The van der Waals surface area contributed by atoms with Crippen LogP contribution in [0.25, 0.3) is 27.9 Å². The lowest BCUT2D eigenvalue weighted by Gasteiger charge is -2.58. The van der Waals surface area contributed by atoms with Crippen molar-refractivity contribution in [3.05, 3.63) is 47.0 Å². The third-order valence-electron chi connectivity index (χ3n) is 9.43. The van der Waals surface area contributed by atoms with Crippen LogP contribution in [-0.2, 0) is 9.84 Å². The van der Waals surface area contributed by atoms with E-state index >= 15 is 0 Å². The minimum atomic E-state index is -2.75. The van der Waals surface area contributed by atoms with Crippen LogP contribution in [0, 0.1) is 19.3 Å². The molecule has 1 aliphatic carbocycles. The van der Waals surface area contributed by atoms with Crippen molar-refractivity contribution in [3.8, 4) is 11.3 Å². The van der Waals surface area contributed by atoms with E-state index in [0.29, 0.717) is 29.4 Å². The number of pyridine rings is 2. The van der Waals surface area contributed by atoms with Crippen molar-refractivity contribution in [2.75, 3.05) is 24.6 Å². The minimum absolute atomic E-state index is 0.0802. The van der Waals surface area contributed by atoms with E-state index in [1.54, 1.807) is 6.33 Å². The predicted octanol–water partition coefficient (Wildman–Crippen LogP) is 4.77. The first-order valence-corrected chi connectivity index (χ1v) is 15.7. The standard InChI is InChI=1S/C29H36N6O2S/c1-17(2)25-26(22-11-35-28(30-16-31-35)19(4)18(22)3)33-24-10-9-23(32-27(24)25)20-5-7-21(8-6-20)34-12-29(13-34)14-38(36,37)15-29/h9-11,16-17,20-21,33H,5-8,12-15H2,1-4H3. The maximum Gasteiger partial charge on any atom is 0.158 e. The summed E-state index contributed by atoms with van der Waals surface area (Å²) in [4.78, 5) is 16.0. The molecule has 1 saturated carbocycles. The second-order valence-electron chi connectivity index (χ2n) is 12.5. The number of hydrogen-bond acceptors (Lipinski definition) is 6. The van der Waals surface area contributed by atoms with Crippen LogP contribution in [0.2, 0.25) is 0 Å². The van der Waals surface area contributed by atoms with Crippen LogP contribution in [0.15, 0.2) is 24.7 Å². The monoisotopic (exact) mass is 532 g/mol. The zero-order valence-corrected chi connectivity index (χ0v) is 23.5. The molecule has 4 aromatic rings. The lowest BCUT2D eigenvalue weighted by atomic mass is 9.77. The van der Waals surface area contributed by atoms with Crippen molar-refractivity contribution in [2.45, 2.75) is 71.3 Å². The molecule has 38 heavy (non-hydrogen) atoms. The summed E-state index contributed by atoms with van der Waals surface area (Å²) in [6, 6.07) is 5.02. The van der Waals surface area contributed by atoms with Gasteiger partial charge in [0.15, 0.2) is 15.5 Å². The van der Waals surface area contributed by atoms with Crippen molar-refractivity contribution < 1.29 is 8.42 Å². The van der Waals surface area contributed by atoms with E-state index in [9.17, 15) is 8.42 Å². The van der Waals surface area contributed by atoms with Gasteiger partial charge in [-0.15, -0.1) is 0 Å². The van der Waals surface area contributed by atoms with Crippen LogP contribution < -0.4 is 0 Å². The molecule has 0 atom stereocenters. The molecule has 9 heteroatoms. The third-order valence-corrected chi connectivity index (χ3v) is 11.5. The van der Waals surface area contributed by atoms with Crippen molar-refractivity contribution in [3.63, 3.8) is 0 Å². The molecule has 4 aromatic heterocycles. The molecule has 8 nitrogen and oxygen atoms in total. The number of aromatic nitrogens is 5. The molecule has 3 aliphatic rings. The Labute approximate surface area is 223 Å². The van der Waals surface area contributed by atoms with Crippen molar-refractivity contribution in [2.24, 2.45) is 5.41 Å². The van der Waals surface area contributed by atoms with E-state index < -0.39 is 9.84 Å². The molecule has 0 radical (unpaired) electrons. The van der Waals surface area contributed by atoms with E-state index in [0.717, 1.165) is 59.4 Å². The second kappa shape index (κ2) is 8.36. The molecule has 1 spiro atoms. The van der Waals surface area contributed by atoms with Gasteiger partial charge in [-0.1, -0.05) is 13.8 Å². The SMILES string of the molecule is Cc1c(-c2[nH]c3ccc(C4CCC(N5CC6(C5)CS(=O)(=O)C6)CC4)nc3c2C(C)C)cn2ncnc2c1C. The largest absolute Gasteiger partial charge is 0.353 e. The number of H-pyrrole nitrogens is 1. The normalized spacial score (nSPS) is 24.8. The van der Waals surface area contributed by atoms with E-state index in [1.165, 1.54) is 29.7 Å². The smallest absolute Gasteiger partial charge is 0.158 e. The molecule has 3 fully saturated rings. The topological polar surface area (TPSA) is 96.2 Å². The second-order valence-corrected chi connectivity index (χ2v) is 14.5. The summed E-state index contributed by atoms with van der Waals surface area (Å²) in [7, 11) is -2.75. The summed E-state index contributed by atoms with van der Waals surface area (Å²) in [6.45, 7) is 10.7. The van der Waals surface area contributed by atoms with Crippen molar-refractivity contribution >= 4 is 26.5 Å². The summed E-state index contributed by atoms with van der Waals surface area (Å²) in [5, 5.41) is 4.41. The van der Waals surface area contributed by atoms with Crippen molar-refractivity contribution in [1.29, 1.82) is 0 Å². The number of nitrogens with zero attached hydrogens (tertiary/aromatic N) is 5. The average molecular weight is 533 g/mol. The van der Waals surface area contributed by atoms with Crippen molar-refractivity contribution in [1.82, 2.24) is 29.5 Å². The van der Waals surface area contributed by atoms with E-state index in [1.807, 2.05) is 4.52 Å². The molecule has 0 amide bonds. The number of aryl methyl sites for hydroxylation is 1. The van der Waals surface area contributed by atoms with E-state index in [-0.39, 0.29) is 5.41 Å². The Kier molecular flexibility index (Phi) is 5.34. The lowest BCUT2D eigenvalue weighted by molar-refractivity contribution is -0.0238. The highest BCUT2D eigenvalue weighted by molar-refractivity contribution is 7.92. The fourth-order valence-electron chi connectivity index (χ4n) is 7.44. The first-order valence-electron chi connectivity index (χ1n) is 13.9. The minimum Gasteiger partial charge on any atom is -0.353 e. The Balaban J connectivity index is 1.14. The molecular formula is C29H36N6O2S. The number of nitrogens with one attached hydrogen (secondary N) is 1. The fraction of sp³-hybridized carbons (Fsp3) is 0.552.